The topological polar surface area (TPSA) is 92.8 Å². The molecule has 8 heteroatoms. The smallest absolute Gasteiger partial charge is 0.410 e. The highest BCUT2D eigenvalue weighted by Crippen LogP contribution is 2.36. The summed E-state index contributed by atoms with van der Waals surface area (Å²) < 4.78 is 11.6. The summed E-state index contributed by atoms with van der Waals surface area (Å²) in [4.78, 5) is 32.2. The number of carbonyl (C=O) groups is 2. The number of amides is 2. The van der Waals surface area contributed by atoms with E-state index in [2.05, 4.69) is 15.6 Å². The van der Waals surface area contributed by atoms with Crippen LogP contribution in [0.4, 0.5) is 4.79 Å². The lowest BCUT2D eigenvalue weighted by Gasteiger charge is -2.42. The van der Waals surface area contributed by atoms with E-state index in [1.54, 1.807) is 11.1 Å². The molecule has 0 saturated carbocycles. The van der Waals surface area contributed by atoms with Crippen LogP contribution in [0.2, 0.25) is 0 Å². The summed E-state index contributed by atoms with van der Waals surface area (Å²) in [6.07, 6.45) is 6.02. The molecule has 200 valence electrons. The number of carbonyl (C=O) groups excluding carboxylic acids is 2. The molecule has 2 aliphatic heterocycles. The van der Waals surface area contributed by atoms with Gasteiger partial charge in [0.25, 0.3) is 5.91 Å². The van der Waals surface area contributed by atoms with Gasteiger partial charge in [-0.05, 0) is 95.6 Å². The first-order valence-corrected chi connectivity index (χ1v) is 13.4. The van der Waals surface area contributed by atoms with Crippen LogP contribution in [-0.2, 0) is 4.74 Å². The Labute approximate surface area is 220 Å². The number of benzene rings is 1. The summed E-state index contributed by atoms with van der Waals surface area (Å²) in [5.41, 5.74) is 1.62. The number of piperidine rings is 1. The van der Waals surface area contributed by atoms with Gasteiger partial charge in [0.15, 0.2) is 0 Å². The Hall–Kier alpha value is -3.13. The number of hydrogen-bond donors (Lipinski definition) is 2. The molecule has 2 bridgehead atoms. The fourth-order valence-electron chi connectivity index (χ4n) is 5.00. The van der Waals surface area contributed by atoms with E-state index in [0.29, 0.717) is 31.8 Å². The maximum atomic E-state index is 13.2. The molecule has 2 N–H and O–H groups in total. The van der Waals surface area contributed by atoms with Crippen molar-refractivity contribution in [3.8, 4) is 17.0 Å². The number of rotatable bonds is 0. The number of nitrogens with zero attached hydrogens (tertiary/aromatic N) is 2. The highest BCUT2D eigenvalue weighted by atomic mass is 16.6. The van der Waals surface area contributed by atoms with E-state index in [4.69, 9.17) is 9.47 Å². The first-order valence-electron chi connectivity index (χ1n) is 13.4. The number of ether oxygens (including phenoxy) is 2. The SMILES string of the molecule is CC(C)(C)OC(=O)N1CCC2(CCCNCCCOc3cccnc3-c3cccc(c3)C(=O)NC2)CC1. The quantitative estimate of drug-likeness (QED) is 0.538. The van der Waals surface area contributed by atoms with Gasteiger partial charge in [-0.15, -0.1) is 0 Å². The zero-order valence-corrected chi connectivity index (χ0v) is 22.3. The number of aromatic nitrogens is 1. The normalized spacial score (nSPS) is 19.2. The van der Waals surface area contributed by atoms with Crippen molar-refractivity contribution in [2.45, 2.75) is 58.5 Å². The maximum absolute atomic E-state index is 13.2. The molecule has 8 nitrogen and oxygen atoms in total. The van der Waals surface area contributed by atoms with E-state index in [0.717, 1.165) is 62.2 Å². The van der Waals surface area contributed by atoms with Crippen molar-refractivity contribution >= 4 is 12.0 Å². The van der Waals surface area contributed by atoms with Gasteiger partial charge in [-0.2, -0.15) is 0 Å². The van der Waals surface area contributed by atoms with Crippen LogP contribution in [0.3, 0.4) is 0 Å². The average Bonchev–Trinajstić information content (AvgIpc) is 2.88. The third kappa shape index (κ3) is 7.44. The van der Waals surface area contributed by atoms with Gasteiger partial charge in [0.2, 0.25) is 0 Å². The van der Waals surface area contributed by atoms with Crippen molar-refractivity contribution in [3.63, 3.8) is 0 Å². The highest BCUT2D eigenvalue weighted by molar-refractivity contribution is 5.95. The monoisotopic (exact) mass is 508 g/mol. The molecule has 2 amide bonds. The summed E-state index contributed by atoms with van der Waals surface area (Å²) in [5, 5.41) is 6.73. The van der Waals surface area contributed by atoms with Crippen molar-refractivity contribution in [3.05, 3.63) is 48.2 Å². The summed E-state index contributed by atoms with van der Waals surface area (Å²) in [7, 11) is 0. The molecule has 2 aromatic rings. The van der Waals surface area contributed by atoms with E-state index < -0.39 is 5.60 Å². The fraction of sp³-hybridized carbons (Fsp3) is 0.552. The van der Waals surface area contributed by atoms with Crippen LogP contribution in [0.5, 0.6) is 5.75 Å². The van der Waals surface area contributed by atoms with E-state index >= 15 is 0 Å². The zero-order valence-electron chi connectivity index (χ0n) is 22.3. The van der Waals surface area contributed by atoms with E-state index in [-0.39, 0.29) is 17.4 Å². The summed E-state index contributed by atoms with van der Waals surface area (Å²) in [6.45, 7) is 9.88. The van der Waals surface area contributed by atoms with Gasteiger partial charge in [0, 0.05) is 37.0 Å². The predicted octanol–water partition coefficient (Wildman–Crippen LogP) is 4.65. The van der Waals surface area contributed by atoms with E-state index in [1.165, 1.54) is 0 Å². The minimum Gasteiger partial charge on any atom is -0.491 e. The molecule has 37 heavy (non-hydrogen) atoms. The van der Waals surface area contributed by atoms with Crippen molar-refractivity contribution < 1.29 is 19.1 Å². The molecule has 0 radical (unpaired) electrons. The Morgan fingerprint density at radius 2 is 1.81 bits per heavy atom. The van der Waals surface area contributed by atoms with Crippen molar-refractivity contribution in [2.75, 3.05) is 39.3 Å². The maximum Gasteiger partial charge on any atom is 0.410 e. The van der Waals surface area contributed by atoms with Crippen molar-refractivity contribution in [1.82, 2.24) is 20.5 Å². The Balaban J connectivity index is 1.50. The molecule has 1 spiro atoms. The Kier molecular flexibility index (Phi) is 8.69. The number of nitrogens with one attached hydrogen (secondary N) is 2. The third-order valence-electron chi connectivity index (χ3n) is 7.08. The third-order valence-corrected chi connectivity index (χ3v) is 7.08. The molecule has 0 aliphatic carbocycles. The van der Waals surface area contributed by atoms with Crippen LogP contribution in [-0.4, -0.2) is 66.8 Å². The first kappa shape index (κ1) is 26.9. The van der Waals surface area contributed by atoms with Gasteiger partial charge < -0.3 is 25.0 Å². The van der Waals surface area contributed by atoms with Gasteiger partial charge in [0.1, 0.15) is 17.0 Å². The van der Waals surface area contributed by atoms with Gasteiger partial charge in [0.05, 0.1) is 6.61 Å². The molecule has 4 rings (SSSR count). The molecule has 1 aromatic carbocycles. The number of likely N-dealkylation sites (tertiary alicyclic amines) is 1. The molecule has 2 aliphatic rings. The van der Waals surface area contributed by atoms with Crippen LogP contribution < -0.4 is 15.4 Å². The molecular weight excluding hydrogens is 468 g/mol. The molecule has 1 aromatic heterocycles. The van der Waals surface area contributed by atoms with Crippen LogP contribution in [0.15, 0.2) is 42.6 Å². The molecule has 0 atom stereocenters. The summed E-state index contributed by atoms with van der Waals surface area (Å²) >= 11 is 0. The van der Waals surface area contributed by atoms with Crippen LogP contribution in [0.25, 0.3) is 11.3 Å². The van der Waals surface area contributed by atoms with Gasteiger partial charge in [-0.3, -0.25) is 9.78 Å². The Bertz CT molecular complexity index is 1070. The zero-order chi connectivity index (χ0) is 26.3. The minimum absolute atomic E-state index is 0.0569. The number of pyridine rings is 1. The molecule has 1 fully saturated rings. The standard InChI is InChI=1S/C29H40N4O4/c1-28(2,3)37-27(35)33-17-12-29(13-18-33)11-6-14-30-15-7-19-36-24-10-5-16-31-25(24)22-8-4-9-23(20-22)26(34)32-21-29/h4-5,8-10,16,20,30H,6-7,11-15,17-19,21H2,1-3H3,(H,32,34). The average molecular weight is 509 g/mol. The predicted molar refractivity (Wildman–Crippen MR) is 144 cm³/mol. The van der Waals surface area contributed by atoms with E-state index in [9.17, 15) is 9.59 Å². The second-order valence-electron chi connectivity index (χ2n) is 11.1. The van der Waals surface area contributed by atoms with Crippen LogP contribution in [0.1, 0.15) is 63.2 Å². The van der Waals surface area contributed by atoms with Crippen molar-refractivity contribution in [1.29, 1.82) is 0 Å². The first-order chi connectivity index (χ1) is 17.7. The number of fused-ring (bicyclic) bond motifs is 4. The largest absolute Gasteiger partial charge is 0.491 e. The number of hydrogen-bond acceptors (Lipinski definition) is 6. The summed E-state index contributed by atoms with van der Waals surface area (Å²) in [5.74, 6) is 0.622. The minimum atomic E-state index is -0.512. The lowest BCUT2D eigenvalue weighted by Crippen LogP contribution is -2.49. The van der Waals surface area contributed by atoms with Crippen LogP contribution in [0, 0.1) is 5.41 Å². The van der Waals surface area contributed by atoms with Crippen LogP contribution >= 0.6 is 0 Å². The lowest BCUT2D eigenvalue weighted by molar-refractivity contribution is 0.00854. The van der Waals surface area contributed by atoms with Gasteiger partial charge in [-0.25, -0.2) is 4.79 Å². The molecule has 0 unspecified atom stereocenters. The molecule has 3 heterocycles. The van der Waals surface area contributed by atoms with Crippen molar-refractivity contribution in [2.24, 2.45) is 5.41 Å². The second-order valence-corrected chi connectivity index (χ2v) is 11.1. The van der Waals surface area contributed by atoms with E-state index in [1.807, 2.05) is 57.2 Å². The Morgan fingerprint density at radius 1 is 1.05 bits per heavy atom. The lowest BCUT2D eigenvalue weighted by atomic mass is 9.74. The second kappa shape index (κ2) is 11.9. The Morgan fingerprint density at radius 3 is 2.59 bits per heavy atom. The van der Waals surface area contributed by atoms with Gasteiger partial charge >= 0.3 is 6.09 Å². The fourth-order valence-corrected chi connectivity index (χ4v) is 5.00. The molecule has 1 saturated heterocycles. The molecular formula is C29H40N4O4. The van der Waals surface area contributed by atoms with Gasteiger partial charge in [-0.1, -0.05) is 12.1 Å². The highest BCUT2D eigenvalue weighted by Gasteiger charge is 2.37. The summed E-state index contributed by atoms with van der Waals surface area (Å²) in [6, 6.07) is 11.3.